The molecule has 0 saturated carbocycles. The summed E-state index contributed by atoms with van der Waals surface area (Å²) in [7, 11) is 0. The summed E-state index contributed by atoms with van der Waals surface area (Å²) in [5.74, 6) is 3.35. The van der Waals surface area contributed by atoms with Crippen LogP contribution in [-0.2, 0) is 11.5 Å². The molecule has 3 rings (SSSR count). The second-order valence-electron chi connectivity index (χ2n) is 4.11. The molecule has 0 aliphatic heterocycles. The first-order valence-electron chi connectivity index (χ1n) is 6.04. The van der Waals surface area contributed by atoms with Crippen LogP contribution in [0.25, 0.3) is 11.5 Å². The topological polar surface area (TPSA) is 72.3 Å². The Labute approximate surface area is 119 Å². The van der Waals surface area contributed by atoms with Crippen molar-refractivity contribution in [2.75, 3.05) is 0 Å². The standard InChI is InChI=1S/C14H12N2O3S/c17-12-6-2-1-5-11(12)14-15-13(16-19-14)9-20-8-10-4-3-7-18-10/h1-7,17H,8-9H2. The molecule has 2 aromatic heterocycles. The maximum absolute atomic E-state index is 9.73. The van der Waals surface area contributed by atoms with Crippen LogP contribution in [0.4, 0.5) is 0 Å². The highest BCUT2D eigenvalue weighted by Gasteiger charge is 2.12. The van der Waals surface area contributed by atoms with Gasteiger partial charge in [0.05, 0.1) is 23.3 Å². The lowest BCUT2D eigenvalue weighted by Gasteiger charge is -1.96. The summed E-state index contributed by atoms with van der Waals surface area (Å²) in [5, 5.41) is 13.6. The van der Waals surface area contributed by atoms with E-state index >= 15 is 0 Å². The molecular formula is C14H12N2O3S. The predicted octanol–water partition coefficient (Wildman–Crippen LogP) is 3.47. The summed E-state index contributed by atoms with van der Waals surface area (Å²) >= 11 is 1.64. The van der Waals surface area contributed by atoms with Gasteiger partial charge in [0.2, 0.25) is 0 Å². The summed E-state index contributed by atoms with van der Waals surface area (Å²) in [4.78, 5) is 4.27. The first-order valence-corrected chi connectivity index (χ1v) is 7.19. The molecule has 0 unspecified atom stereocenters. The maximum Gasteiger partial charge on any atom is 0.261 e. The summed E-state index contributed by atoms with van der Waals surface area (Å²) in [6.45, 7) is 0. The van der Waals surface area contributed by atoms with Crippen molar-refractivity contribution < 1.29 is 14.0 Å². The van der Waals surface area contributed by atoms with E-state index in [1.807, 2.05) is 18.2 Å². The molecule has 0 aliphatic rings. The number of nitrogens with zero attached hydrogens (tertiary/aromatic N) is 2. The van der Waals surface area contributed by atoms with Gasteiger partial charge in [0.25, 0.3) is 5.89 Å². The van der Waals surface area contributed by atoms with Crippen LogP contribution in [0.2, 0.25) is 0 Å². The molecule has 0 atom stereocenters. The van der Waals surface area contributed by atoms with Crippen molar-refractivity contribution in [2.45, 2.75) is 11.5 Å². The van der Waals surface area contributed by atoms with Gasteiger partial charge in [-0.05, 0) is 24.3 Å². The van der Waals surface area contributed by atoms with Crippen molar-refractivity contribution >= 4 is 11.8 Å². The smallest absolute Gasteiger partial charge is 0.261 e. The number of rotatable bonds is 5. The van der Waals surface area contributed by atoms with Crippen LogP contribution in [0.3, 0.4) is 0 Å². The van der Waals surface area contributed by atoms with E-state index < -0.39 is 0 Å². The number of hydrogen-bond donors (Lipinski definition) is 1. The van der Waals surface area contributed by atoms with E-state index in [2.05, 4.69) is 10.1 Å². The van der Waals surface area contributed by atoms with E-state index in [9.17, 15) is 5.11 Å². The minimum absolute atomic E-state index is 0.130. The van der Waals surface area contributed by atoms with Crippen LogP contribution in [0.5, 0.6) is 5.75 Å². The van der Waals surface area contributed by atoms with Crippen LogP contribution >= 0.6 is 11.8 Å². The van der Waals surface area contributed by atoms with Gasteiger partial charge in [-0.15, -0.1) is 11.8 Å². The van der Waals surface area contributed by atoms with Crippen molar-refractivity contribution in [3.05, 3.63) is 54.2 Å². The first kappa shape index (κ1) is 12.8. The fraction of sp³-hybridized carbons (Fsp3) is 0.143. The van der Waals surface area contributed by atoms with E-state index in [1.54, 1.807) is 36.2 Å². The molecule has 0 fully saturated rings. The molecular weight excluding hydrogens is 276 g/mol. The number of hydrogen-bond acceptors (Lipinski definition) is 6. The largest absolute Gasteiger partial charge is 0.507 e. The fourth-order valence-corrected chi connectivity index (χ4v) is 2.48. The van der Waals surface area contributed by atoms with E-state index in [0.717, 1.165) is 11.5 Å². The third kappa shape index (κ3) is 2.85. The van der Waals surface area contributed by atoms with Gasteiger partial charge in [-0.25, -0.2) is 0 Å². The highest BCUT2D eigenvalue weighted by Crippen LogP contribution is 2.27. The lowest BCUT2D eigenvalue weighted by molar-refractivity contribution is 0.419. The molecule has 3 aromatic rings. The molecule has 20 heavy (non-hydrogen) atoms. The first-order chi connectivity index (χ1) is 9.83. The molecule has 1 N–H and O–H groups in total. The SMILES string of the molecule is Oc1ccccc1-c1nc(CSCc2ccco2)no1. The van der Waals surface area contributed by atoms with Crippen LogP contribution in [-0.4, -0.2) is 15.2 Å². The zero-order chi connectivity index (χ0) is 13.8. The second kappa shape index (κ2) is 5.83. The number of phenolic OH excluding ortho intramolecular Hbond substituents is 1. The normalized spacial score (nSPS) is 10.8. The van der Waals surface area contributed by atoms with E-state index in [0.29, 0.717) is 23.0 Å². The molecule has 0 bridgehead atoms. The van der Waals surface area contributed by atoms with E-state index in [1.165, 1.54) is 0 Å². The van der Waals surface area contributed by atoms with Crippen LogP contribution in [0.1, 0.15) is 11.6 Å². The number of thioether (sulfide) groups is 1. The molecule has 102 valence electrons. The van der Waals surface area contributed by atoms with E-state index in [4.69, 9.17) is 8.94 Å². The molecule has 0 saturated heterocycles. The zero-order valence-corrected chi connectivity index (χ0v) is 11.3. The van der Waals surface area contributed by atoms with Gasteiger partial charge in [0.15, 0.2) is 5.82 Å². The van der Waals surface area contributed by atoms with Crippen molar-refractivity contribution in [1.29, 1.82) is 0 Å². The lowest BCUT2D eigenvalue weighted by Crippen LogP contribution is -1.85. The number of phenols is 1. The van der Waals surface area contributed by atoms with Crippen molar-refractivity contribution in [2.24, 2.45) is 0 Å². The molecule has 0 spiro atoms. The minimum Gasteiger partial charge on any atom is -0.507 e. The number of aromatic nitrogens is 2. The monoisotopic (exact) mass is 288 g/mol. The van der Waals surface area contributed by atoms with Gasteiger partial charge in [-0.1, -0.05) is 17.3 Å². The molecule has 5 nitrogen and oxygen atoms in total. The Morgan fingerprint density at radius 3 is 2.80 bits per heavy atom. The number of aromatic hydroxyl groups is 1. The van der Waals surface area contributed by atoms with Crippen LogP contribution in [0.15, 0.2) is 51.6 Å². The summed E-state index contributed by atoms with van der Waals surface area (Å²) in [6.07, 6.45) is 1.65. The van der Waals surface area contributed by atoms with Crippen molar-refractivity contribution in [3.8, 4) is 17.2 Å². The Balaban J connectivity index is 1.64. The molecule has 2 heterocycles. The lowest BCUT2D eigenvalue weighted by atomic mass is 10.2. The predicted molar refractivity (Wildman–Crippen MR) is 75.1 cm³/mol. The molecule has 0 radical (unpaired) electrons. The maximum atomic E-state index is 9.73. The summed E-state index contributed by atoms with van der Waals surface area (Å²) in [5.41, 5.74) is 0.544. The average Bonchev–Trinajstić information content (AvgIpc) is 3.11. The highest BCUT2D eigenvalue weighted by atomic mass is 32.2. The third-order valence-corrected chi connectivity index (χ3v) is 3.61. The highest BCUT2D eigenvalue weighted by molar-refractivity contribution is 7.97. The van der Waals surface area contributed by atoms with Gasteiger partial charge < -0.3 is 14.0 Å². The summed E-state index contributed by atoms with van der Waals surface area (Å²) in [6, 6.07) is 10.7. The zero-order valence-electron chi connectivity index (χ0n) is 10.5. The Hall–Kier alpha value is -2.21. The molecule has 0 aliphatic carbocycles. The van der Waals surface area contributed by atoms with E-state index in [-0.39, 0.29) is 5.75 Å². The number of benzene rings is 1. The number of furan rings is 1. The third-order valence-electron chi connectivity index (χ3n) is 2.66. The minimum atomic E-state index is 0.130. The van der Waals surface area contributed by atoms with Gasteiger partial charge in [0, 0.05) is 0 Å². The Kier molecular flexibility index (Phi) is 3.73. The molecule has 0 amide bonds. The van der Waals surface area contributed by atoms with Crippen molar-refractivity contribution in [1.82, 2.24) is 10.1 Å². The Bertz CT molecular complexity index is 679. The Morgan fingerprint density at radius 1 is 1.10 bits per heavy atom. The molecule has 6 heteroatoms. The second-order valence-corrected chi connectivity index (χ2v) is 5.09. The fourth-order valence-electron chi connectivity index (χ4n) is 1.71. The van der Waals surface area contributed by atoms with Crippen LogP contribution in [0, 0.1) is 0 Å². The van der Waals surface area contributed by atoms with Gasteiger partial charge in [-0.3, -0.25) is 0 Å². The average molecular weight is 288 g/mol. The van der Waals surface area contributed by atoms with Gasteiger partial charge in [-0.2, -0.15) is 4.98 Å². The van der Waals surface area contributed by atoms with Crippen molar-refractivity contribution in [3.63, 3.8) is 0 Å². The van der Waals surface area contributed by atoms with Gasteiger partial charge in [0.1, 0.15) is 11.5 Å². The Morgan fingerprint density at radius 2 is 2.00 bits per heavy atom. The number of para-hydroxylation sites is 1. The summed E-state index contributed by atoms with van der Waals surface area (Å²) < 4.78 is 10.4. The van der Waals surface area contributed by atoms with Gasteiger partial charge >= 0.3 is 0 Å². The van der Waals surface area contributed by atoms with Crippen LogP contribution < -0.4 is 0 Å². The quantitative estimate of drug-likeness (QED) is 0.775. The molecule has 1 aromatic carbocycles.